The van der Waals surface area contributed by atoms with Crippen molar-refractivity contribution in [1.82, 2.24) is 5.43 Å². The summed E-state index contributed by atoms with van der Waals surface area (Å²) in [6.45, 7) is 0. The summed E-state index contributed by atoms with van der Waals surface area (Å²) in [7, 11) is 0. The van der Waals surface area contributed by atoms with Gasteiger partial charge in [-0.2, -0.15) is 5.10 Å². The van der Waals surface area contributed by atoms with E-state index in [2.05, 4.69) is 10.5 Å². The Labute approximate surface area is 165 Å². The van der Waals surface area contributed by atoms with Gasteiger partial charge in [-0.1, -0.05) is 47.5 Å². The van der Waals surface area contributed by atoms with Gasteiger partial charge in [0, 0.05) is 16.1 Å². The van der Waals surface area contributed by atoms with Gasteiger partial charge in [-0.15, -0.1) is 0 Å². The molecule has 0 saturated heterocycles. The summed E-state index contributed by atoms with van der Waals surface area (Å²) in [5, 5.41) is 14.1. The molecule has 5 nitrogen and oxygen atoms in total. The van der Waals surface area contributed by atoms with Crippen LogP contribution in [0, 0.1) is 0 Å². The molecule has 0 spiro atoms. The second-order valence-corrected chi connectivity index (χ2v) is 6.31. The van der Waals surface area contributed by atoms with Crippen LogP contribution >= 0.6 is 23.2 Å². The Kier molecular flexibility index (Phi) is 5.96. The highest BCUT2D eigenvalue weighted by molar-refractivity contribution is 6.36. The molecule has 0 aromatic heterocycles. The number of nitrogens with one attached hydrogen (secondary N) is 1. The standard InChI is InChI=1S/C20H14Cl2N2O3/c21-15-9-14(19(25)18(22)11-15)12-23-24-20(26)13-5-4-8-17(10-13)27-16-6-2-1-3-7-16/h1-12,25H,(H,24,26). The predicted octanol–water partition coefficient (Wildman–Crippen LogP) is 5.26. The summed E-state index contributed by atoms with van der Waals surface area (Å²) in [4.78, 5) is 12.3. The Hall–Kier alpha value is -3.02. The summed E-state index contributed by atoms with van der Waals surface area (Å²) in [6.07, 6.45) is 1.26. The lowest BCUT2D eigenvalue weighted by Gasteiger charge is -2.07. The maximum Gasteiger partial charge on any atom is 0.271 e. The molecule has 0 radical (unpaired) electrons. The zero-order valence-electron chi connectivity index (χ0n) is 13.9. The van der Waals surface area contributed by atoms with Gasteiger partial charge in [0.05, 0.1) is 11.2 Å². The Morgan fingerprint density at radius 2 is 1.74 bits per heavy atom. The summed E-state index contributed by atoms with van der Waals surface area (Å²) in [6, 6.07) is 18.8. The predicted molar refractivity (Wildman–Crippen MR) is 106 cm³/mol. The largest absolute Gasteiger partial charge is 0.506 e. The van der Waals surface area contributed by atoms with Crippen molar-refractivity contribution in [3.05, 3.63) is 87.9 Å². The zero-order chi connectivity index (χ0) is 19.2. The van der Waals surface area contributed by atoms with Crippen LogP contribution < -0.4 is 10.2 Å². The summed E-state index contributed by atoms with van der Waals surface area (Å²) < 4.78 is 5.70. The second-order valence-electron chi connectivity index (χ2n) is 5.47. The molecule has 3 aromatic carbocycles. The topological polar surface area (TPSA) is 70.9 Å². The molecule has 0 aliphatic carbocycles. The molecule has 0 aliphatic rings. The van der Waals surface area contributed by atoms with Crippen molar-refractivity contribution in [2.24, 2.45) is 5.10 Å². The maximum atomic E-state index is 12.3. The van der Waals surface area contributed by atoms with E-state index in [-0.39, 0.29) is 16.3 Å². The van der Waals surface area contributed by atoms with Crippen LogP contribution in [-0.2, 0) is 0 Å². The molecule has 0 saturated carbocycles. The van der Waals surface area contributed by atoms with Crippen LogP contribution in [0.1, 0.15) is 15.9 Å². The van der Waals surface area contributed by atoms with Crippen LogP contribution in [0.2, 0.25) is 10.0 Å². The van der Waals surface area contributed by atoms with Crippen LogP contribution in [0.5, 0.6) is 17.2 Å². The van der Waals surface area contributed by atoms with E-state index in [4.69, 9.17) is 27.9 Å². The molecule has 1 amide bonds. The third-order valence-electron chi connectivity index (χ3n) is 3.50. The SMILES string of the molecule is O=C(NN=Cc1cc(Cl)cc(Cl)c1O)c1cccc(Oc2ccccc2)c1. The Morgan fingerprint density at radius 3 is 2.52 bits per heavy atom. The van der Waals surface area contributed by atoms with Gasteiger partial charge in [0.2, 0.25) is 0 Å². The van der Waals surface area contributed by atoms with Gasteiger partial charge in [0.25, 0.3) is 5.91 Å². The van der Waals surface area contributed by atoms with E-state index >= 15 is 0 Å². The first-order chi connectivity index (χ1) is 13.0. The highest BCUT2D eigenvalue weighted by Crippen LogP contribution is 2.30. The number of amides is 1. The smallest absolute Gasteiger partial charge is 0.271 e. The third-order valence-corrected chi connectivity index (χ3v) is 4.01. The molecule has 2 N–H and O–H groups in total. The lowest BCUT2D eigenvalue weighted by molar-refractivity contribution is 0.0955. The highest BCUT2D eigenvalue weighted by Gasteiger charge is 2.08. The third kappa shape index (κ3) is 5.00. The first kappa shape index (κ1) is 18.8. The molecule has 27 heavy (non-hydrogen) atoms. The molecule has 0 aliphatic heterocycles. The quantitative estimate of drug-likeness (QED) is 0.453. The molecule has 3 aromatic rings. The molecular formula is C20H14Cl2N2O3. The summed E-state index contributed by atoms with van der Waals surface area (Å²) in [5.74, 6) is 0.591. The summed E-state index contributed by atoms with van der Waals surface area (Å²) in [5.41, 5.74) is 3.04. The van der Waals surface area contributed by atoms with Gasteiger partial charge in [-0.3, -0.25) is 4.79 Å². The molecule has 136 valence electrons. The molecule has 0 heterocycles. The second kappa shape index (κ2) is 8.58. The van der Waals surface area contributed by atoms with Crippen molar-refractivity contribution in [3.63, 3.8) is 0 Å². The Balaban J connectivity index is 1.69. The van der Waals surface area contributed by atoms with Crippen molar-refractivity contribution in [2.45, 2.75) is 0 Å². The zero-order valence-corrected chi connectivity index (χ0v) is 15.4. The first-order valence-electron chi connectivity index (χ1n) is 7.87. The number of aromatic hydroxyl groups is 1. The molecule has 0 unspecified atom stereocenters. The van der Waals surface area contributed by atoms with Gasteiger partial charge in [-0.05, 0) is 42.5 Å². The number of phenols is 1. The number of hydrazone groups is 1. The monoisotopic (exact) mass is 400 g/mol. The number of halogens is 2. The fourth-order valence-corrected chi connectivity index (χ4v) is 2.74. The molecule has 7 heteroatoms. The molecule has 0 atom stereocenters. The highest BCUT2D eigenvalue weighted by atomic mass is 35.5. The molecule has 0 bridgehead atoms. The number of ether oxygens (including phenoxy) is 1. The van der Waals surface area contributed by atoms with Crippen LogP contribution in [-0.4, -0.2) is 17.2 Å². The minimum Gasteiger partial charge on any atom is -0.506 e. The van der Waals surface area contributed by atoms with Crippen molar-refractivity contribution in [1.29, 1.82) is 0 Å². The van der Waals surface area contributed by atoms with Gasteiger partial charge in [0.15, 0.2) is 0 Å². The molecular weight excluding hydrogens is 387 g/mol. The van der Waals surface area contributed by atoms with Gasteiger partial charge < -0.3 is 9.84 Å². The lowest BCUT2D eigenvalue weighted by Crippen LogP contribution is -2.17. The number of benzene rings is 3. The van der Waals surface area contributed by atoms with E-state index in [0.29, 0.717) is 22.1 Å². The first-order valence-corrected chi connectivity index (χ1v) is 8.63. The van der Waals surface area contributed by atoms with E-state index < -0.39 is 5.91 Å². The van der Waals surface area contributed by atoms with Crippen LogP contribution in [0.15, 0.2) is 71.8 Å². The van der Waals surface area contributed by atoms with E-state index in [0.717, 1.165) is 0 Å². The van der Waals surface area contributed by atoms with E-state index in [9.17, 15) is 9.90 Å². The van der Waals surface area contributed by atoms with Crippen LogP contribution in [0.4, 0.5) is 0 Å². The van der Waals surface area contributed by atoms with E-state index in [1.807, 2.05) is 30.3 Å². The number of hydrogen-bond acceptors (Lipinski definition) is 4. The van der Waals surface area contributed by atoms with Crippen molar-refractivity contribution >= 4 is 35.3 Å². The van der Waals surface area contributed by atoms with Crippen LogP contribution in [0.25, 0.3) is 0 Å². The number of carbonyl (C=O) groups is 1. The fourth-order valence-electron chi connectivity index (χ4n) is 2.23. The van der Waals surface area contributed by atoms with Crippen molar-refractivity contribution in [2.75, 3.05) is 0 Å². The minimum absolute atomic E-state index is 0.0982. The maximum absolute atomic E-state index is 12.3. The fraction of sp³-hybridized carbons (Fsp3) is 0. The van der Waals surface area contributed by atoms with Crippen molar-refractivity contribution < 1.29 is 14.6 Å². The number of nitrogens with zero attached hydrogens (tertiary/aromatic N) is 1. The Morgan fingerprint density at radius 1 is 1.00 bits per heavy atom. The van der Waals surface area contributed by atoms with E-state index in [1.54, 1.807) is 24.3 Å². The van der Waals surface area contributed by atoms with Crippen LogP contribution in [0.3, 0.4) is 0 Å². The normalized spacial score (nSPS) is 10.7. The van der Waals surface area contributed by atoms with Gasteiger partial charge in [-0.25, -0.2) is 5.43 Å². The van der Waals surface area contributed by atoms with Gasteiger partial charge >= 0.3 is 0 Å². The van der Waals surface area contributed by atoms with E-state index in [1.165, 1.54) is 18.3 Å². The average Bonchev–Trinajstić information content (AvgIpc) is 2.66. The number of rotatable bonds is 5. The van der Waals surface area contributed by atoms with Gasteiger partial charge in [0.1, 0.15) is 17.2 Å². The Bertz CT molecular complexity index is 992. The number of carbonyl (C=O) groups excluding carboxylic acids is 1. The average molecular weight is 401 g/mol. The number of hydrogen-bond donors (Lipinski definition) is 2. The molecule has 3 rings (SSSR count). The lowest BCUT2D eigenvalue weighted by atomic mass is 10.2. The number of phenolic OH excluding ortho intramolecular Hbond substituents is 1. The minimum atomic E-state index is -0.433. The number of para-hydroxylation sites is 1. The van der Waals surface area contributed by atoms with Crippen molar-refractivity contribution in [3.8, 4) is 17.2 Å². The summed E-state index contributed by atoms with van der Waals surface area (Å²) >= 11 is 11.7. The molecule has 0 fully saturated rings.